The van der Waals surface area contributed by atoms with Crippen molar-refractivity contribution in [1.82, 2.24) is 0 Å². The highest BCUT2D eigenvalue weighted by Crippen LogP contribution is 2.54. The highest BCUT2D eigenvalue weighted by molar-refractivity contribution is 7.20. The van der Waals surface area contributed by atoms with Crippen LogP contribution in [-0.4, -0.2) is 6.10 Å². The van der Waals surface area contributed by atoms with Crippen LogP contribution in [-0.2, 0) is 11.2 Å². The minimum atomic E-state index is 0.269. The first-order valence-corrected chi connectivity index (χ1v) is 5.46. The molecular formula is C8H6Cl2OS. The van der Waals surface area contributed by atoms with Crippen molar-refractivity contribution in [3.8, 4) is 0 Å². The van der Waals surface area contributed by atoms with Crippen LogP contribution in [0.15, 0.2) is 0 Å². The highest BCUT2D eigenvalue weighted by Gasteiger charge is 2.46. The fourth-order valence-corrected chi connectivity index (χ4v) is 3.68. The summed E-state index contributed by atoms with van der Waals surface area (Å²) in [6.07, 6.45) is 2.83. The maximum Gasteiger partial charge on any atom is 0.112 e. The van der Waals surface area contributed by atoms with Gasteiger partial charge in [-0.1, -0.05) is 23.2 Å². The summed E-state index contributed by atoms with van der Waals surface area (Å²) in [6, 6.07) is 0. The van der Waals surface area contributed by atoms with E-state index < -0.39 is 0 Å². The molecule has 0 aromatic carbocycles. The molecule has 3 rings (SSSR count). The van der Waals surface area contributed by atoms with Crippen molar-refractivity contribution in [3.63, 3.8) is 0 Å². The molecule has 4 heteroatoms. The topological polar surface area (TPSA) is 12.5 Å². The van der Waals surface area contributed by atoms with Gasteiger partial charge in [0.25, 0.3) is 0 Å². The molecule has 0 radical (unpaired) electrons. The lowest BCUT2D eigenvalue weighted by Crippen LogP contribution is -2.01. The van der Waals surface area contributed by atoms with Crippen molar-refractivity contribution < 1.29 is 4.74 Å². The number of hydrogen-bond donors (Lipinski definition) is 0. The summed E-state index contributed by atoms with van der Waals surface area (Å²) >= 11 is 13.5. The van der Waals surface area contributed by atoms with E-state index in [1.807, 2.05) is 0 Å². The van der Waals surface area contributed by atoms with Gasteiger partial charge < -0.3 is 4.74 Å². The van der Waals surface area contributed by atoms with E-state index in [1.165, 1.54) is 22.5 Å². The Morgan fingerprint density at radius 2 is 2.17 bits per heavy atom. The second-order valence-corrected chi connectivity index (χ2v) is 5.40. The first-order chi connectivity index (χ1) is 5.77. The summed E-state index contributed by atoms with van der Waals surface area (Å²) < 4.78 is 7.13. The molecule has 1 aromatic heterocycles. The van der Waals surface area contributed by atoms with Crippen LogP contribution in [0, 0.1) is 0 Å². The Kier molecular flexibility index (Phi) is 1.51. The van der Waals surface area contributed by atoms with E-state index in [-0.39, 0.29) is 6.10 Å². The van der Waals surface area contributed by atoms with Crippen molar-refractivity contribution in [2.75, 3.05) is 0 Å². The fourth-order valence-electron chi connectivity index (χ4n) is 1.84. The average molecular weight is 221 g/mol. The normalized spacial score (nSPS) is 31.2. The fraction of sp³-hybridized carbons (Fsp3) is 0.500. The summed E-state index contributed by atoms with van der Waals surface area (Å²) in [4.78, 5) is 0. The predicted octanol–water partition coefficient (Wildman–Crippen LogP) is 3.44. The largest absolute Gasteiger partial charge is 0.364 e. The van der Waals surface area contributed by atoms with Crippen LogP contribution in [0.25, 0.3) is 0 Å². The number of hydrogen-bond acceptors (Lipinski definition) is 2. The molecule has 0 N–H and O–H groups in total. The zero-order valence-corrected chi connectivity index (χ0v) is 8.47. The van der Waals surface area contributed by atoms with Crippen LogP contribution in [0.1, 0.15) is 23.7 Å². The average Bonchev–Trinajstić information content (AvgIpc) is 2.74. The minimum absolute atomic E-state index is 0.269. The van der Waals surface area contributed by atoms with Gasteiger partial charge >= 0.3 is 0 Å². The van der Waals surface area contributed by atoms with Crippen molar-refractivity contribution in [3.05, 3.63) is 19.8 Å². The van der Waals surface area contributed by atoms with E-state index in [2.05, 4.69) is 0 Å². The Labute approximate surface area is 84.2 Å². The molecule has 0 amide bonds. The van der Waals surface area contributed by atoms with Crippen LogP contribution in [0.4, 0.5) is 0 Å². The Bertz CT molecular complexity index is 347. The minimum Gasteiger partial charge on any atom is -0.364 e. The molecule has 64 valence electrons. The smallest absolute Gasteiger partial charge is 0.112 e. The van der Waals surface area contributed by atoms with Gasteiger partial charge in [-0.15, -0.1) is 11.3 Å². The van der Waals surface area contributed by atoms with Crippen LogP contribution in [0.5, 0.6) is 0 Å². The number of epoxide rings is 1. The summed E-state index contributed by atoms with van der Waals surface area (Å²) in [5, 5.41) is 0. The van der Waals surface area contributed by atoms with Crippen LogP contribution in [0.2, 0.25) is 8.67 Å². The summed E-state index contributed by atoms with van der Waals surface area (Å²) in [6.45, 7) is 0. The number of ether oxygens (including phenoxy) is 1. The van der Waals surface area contributed by atoms with E-state index in [0.717, 1.165) is 21.5 Å². The Morgan fingerprint density at radius 1 is 1.33 bits per heavy atom. The molecule has 1 aromatic rings. The van der Waals surface area contributed by atoms with Gasteiger partial charge in [0.15, 0.2) is 0 Å². The number of rotatable bonds is 0. The maximum atomic E-state index is 6.04. The van der Waals surface area contributed by atoms with Crippen molar-refractivity contribution in [1.29, 1.82) is 0 Å². The first kappa shape index (κ1) is 7.63. The molecule has 1 aliphatic carbocycles. The monoisotopic (exact) mass is 220 g/mol. The number of fused-ring (bicyclic) bond motifs is 3. The third-order valence-electron chi connectivity index (χ3n) is 2.50. The quantitative estimate of drug-likeness (QED) is 0.611. The summed E-state index contributed by atoms with van der Waals surface area (Å²) in [5.74, 6) is 0. The molecular weight excluding hydrogens is 215 g/mol. The number of thiophene rings is 1. The van der Waals surface area contributed by atoms with Crippen molar-refractivity contribution >= 4 is 34.5 Å². The van der Waals surface area contributed by atoms with Gasteiger partial charge in [0.2, 0.25) is 0 Å². The van der Waals surface area contributed by atoms with E-state index >= 15 is 0 Å². The van der Waals surface area contributed by atoms with E-state index in [4.69, 9.17) is 27.9 Å². The lowest BCUT2D eigenvalue weighted by atomic mass is 9.96. The highest BCUT2D eigenvalue weighted by atomic mass is 35.5. The van der Waals surface area contributed by atoms with Crippen molar-refractivity contribution in [2.24, 2.45) is 0 Å². The molecule has 1 saturated heterocycles. The zero-order valence-electron chi connectivity index (χ0n) is 6.14. The van der Waals surface area contributed by atoms with Gasteiger partial charge in [0.05, 0.1) is 10.4 Å². The van der Waals surface area contributed by atoms with Gasteiger partial charge in [-0.3, -0.25) is 0 Å². The predicted molar refractivity (Wildman–Crippen MR) is 50.3 cm³/mol. The van der Waals surface area contributed by atoms with Crippen LogP contribution in [0.3, 0.4) is 0 Å². The maximum absolute atomic E-state index is 6.04. The van der Waals surface area contributed by atoms with Crippen LogP contribution < -0.4 is 0 Å². The molecule has 0 saturated carbocycles. The first-order valence-electron chi connectivity index (χ1n) is 3.89. The van der Waals surface area contributed by atoms with Gasteiger partial charge in [-0.25, -0.2) is 0 Å². The molecule has 1 fully saturated rings. The third-order valence-corrected chi connectivity index (χ3v) is 4.22. The molecule has 2 aliphatic rings. The molecule has 0 bridgehead atoms. The van der Waals surface area contributed by atoms with E-state index in [9.17, 15) is 0 Å². The summed E-state index contributed by atoms with van der Waals surface area (Å²) in [5.41, 5.74) is 2.40. The molecule has 1 nitrogen and oxygen atoms in total. The van der Waals surface area contributed by atoms with Gasteiger partial charge in [-0.05, 0) is 18.4 Å². The SMILES string of the molecule is Clc1sc(Cl)c2c1CCC1OC21. The molecule has 0 spiro atoms. The van der Waals surface area contributed by atoms with Gasteiger partial charge in [0.1, 0.15) is 10.4 Å². The standard InChI is InChI=1S/C8H6Cl2OS/c9-7-3-1-2-4-6(11-4)5(3)8(10)12-7/h4,6H,1-2H2. The van der Waals surface area contributed by atoms with E-state index in [0.29, 0.717) is 6.10 Å². The van der Waals surface area contributed by atoms with Crippen LogP contribution >= 0.6 is 34.5 Å². The molecule has 1 aliphatic heterocycles. The van der Waals surface area contributed by atoms with E-state index in [1.54, 1.807) is 0 Å². The Hall–Kier alpha value is 0.240. The molecule has 2 heterocycles. The zero-order chi connectivity index (χ0) is 8.29. The van der Waals surface area contributed by atoms with Gasteiger partial charge in [-0.2, -0.15) is 0 Å². The Balaban J connectivity index is 2.20. The second-order valence-electron chi connectivity index (χ2n) is 3.18. The van der Waals surface area contributed by atoms with Gasteiger partial charge in [0, 0.05) is 5.56 Å². The Morgan fingerprint density at radius 3 is 3.00 bits per heavy atom. The molecule has 12 heavy (non-hydrogen) atoms. The molecule has 2 atom stereocenters. The van der Waals surface area contributed by atoms with Crippen molar-refractivity contribution in [2.45, 2.75) is 25.0 Å². The lowest BCUT2D eigenvalue weighted by molar-refractivity contribution is 0.373. The lowest BCUT2D eigenvalue weighted by Gasteiger charge is -2.06. The molecule has 2 unspecified atom stereocenters. The summed E-state index contributed by atoms with van der Waals surface area (Å²) in [7, 11) is 0. The number of halogens is 2. The third kappa shape index (κ3) is 0.896. The second kappa shape index (κ2) is 2.38.